The molecule has 1 aliphatic rings. The molecule has 2 heterocycles. The van der Waals surface area contributed by atoms with Gasteiger partial charge >= 0.3 is 0 Å². The van der Waals surface area contributed by atoms with Crippen molar-refractivity contribution in [3.8, 4) is 5.69 Å². The third kappa shape index (κ3) is 2.67. The van der Waals surface area contributed by atoms with Crippen molar-refractivity contribution in [2.45, 2.75) is 12.3 Å². The number of fused-ring (bicyclic) bond motifs is 1. The van der Waals surface area contributed by atoms with E-state index < -0.39 is 5.92 Å². The smallest absolute Gasteiger partial charge is 0.241 e. The molecule has 7 nitrogen and oxygen atoms in total. The number of amides is 1. The molecule has 5 N–H and O–H groups in total. The van der Waals surface area contributed by atoms with Gasteiger partial charge in [-0.25, -0.2) is 4.39 Å². The van der Waals surface area contributed by atoms with Crippen molar-refractivity contribution in [3.05, 3.63) is 59.4 Å². The Hall–Kier alpha value is -3.42. The van der Waals surface area contributed by atoms with Crippen LogP contribution in [0.15, 0.2) is 42.5 Å². The fourth-order valence-electron chi connectivity index (χ4n) is 3.04. The van der Waals surface area contributed by atoms with Crippen LogP contribution in [0.2, 0.25) is 0 Å². The predicted octanol–water partition coefficient (Wildman–Crippen LogP) is 1.85. The van der Waals surface area contributed by atoms with Gasteiger partial charge in [0, 0.05) is 5.69 Å². The number of hydrogen-bond acceptors (Lipinski definition) is 5. The quantitative estimate of drug-likeness (QED) is 0.675. The number of anilines is 3. The standard InChI is InChI=1S/C17H15FN6O/c18-10-3-6-14-12(8-10)13(15(25)21-14)7-9-1-4-11(5-2-9)24-17(20)22-16(19)23-24/h1-6,8,13H,7H2,(H,21,25)(H4,19,20,22,23). The lowest BCUT2D eigenvalue weighted by Gasteiger charge is -2.10. The van der Waals surface area contributed by atoms with E-state index in [0.29, 0.717) is 23.4 Å². The summed E-state index contributed by atoms with van der Waals surface area (Å²) in [6, 6.07) is 11.7. The molecule has 0 fully saturated rings. The Balaban J connectivity index is 1.59. The Labute approximate surface area is 142 Å². The zero-order valence-electron chi connectivity index (χ0n) is 13.1. The summed E-state index contributed by atoms with van der Waals surface area (Å²) in [4.78, 5) is 16.1. The van der Waals surface area contributed by atoms with Crippen LogP contribution in [-0.2, 0) is 11.2 Å². The van der Waals surface area contributed by atoms with Crippen LogP contribution in [0, 0.1) is 5.82 Å². The maximum atomic E-state index is 13.5. The molecule has 3 aromatic rings. The second kappa shape index (κ2) is 5.59. The largest absolute Gasteiger partial charge is 0.368 e. The molecule has 1 amide bonds. The van der Waals surface area contributed by atoms with Gasteiger partial charge in [-0.2, -0.15) is 9.67 Å². The van der Waals surface area contributed by atoms with Crippen molar-refractivity contribution in [2.75, 3.05) is 16.8 Å². The molecule has 2 aromatic carbocycles. The summed E-state index contributed by atoms with van der Waals surface area (Å²) < 4.78 is 14.9. The predicted molar refractivity (Wildman–Crippen MR) is 91.7 cm³/mol. The van der Waals surface area contributed by atoms with Crippen molar-refractivity contribution in [1.29, 1.82) is 0 Å². The fraction of sp³-hybridized carbons (Fsp3) is 0.118. The van der Waals surface area contributed by atoms with Gasteiger partial charge in [0.15, 0.2) is 0 Å². The summed E-state index contributed by atoms with van der Waals surface area (Å²) in [5, 5.41) is 6.80. The Morgan fingerprint density at radius 2 is 1.92 bits per heavy atom. The molecule has 0 saturated carbocycles. The number of nitrogens with zero attached hydrogens (tertiary/aromatic N) is 3. The van der Waals surface area contributed by atoms with Gasteiger partial charge in [-0.1, -0.05) is 12.1 Å². The lowest BCUT2D eigenvalue weighted by Crippen LogP contribution is -2.14. The zero-order chi connectivity index (χ0) is 17.6. The number of nitrogens with two attached hydrogens (primary N) is 2. The molecule has 25 heavy (non-hydrogen) atoms. The molecule has 1 unspecified atom stereocenters. The molecule has 1 aliphatic heterocycles. The van der Waals surface area contributed by atoms with E-state index in [1.54, 1.807) is 6.07 Å². The first-order chi connectivity index (χ1) is 12.0. The van der Waals surface area contributed by atoms with Gasteiger partial charge < -0.3 is 16.8 Å². The molecule has 0 spiro atoms. The number of carbonyl (C=O) groups is 1. The van der Waals surface area contributed by atoms with Crippen LogP contribution < -0.4 is 16.8 Å². The fourth-order valence-corrected chi connectivity index (χ4v) is 3.04. The van der Waals surface area contributed by atoms with E-state index in [0.717, 1.165) is 5.56 Å². The minimum Gasteiger partial charge on any atom is -0.368 e. The van der Waals surface area contributed by atoms with Gasteiger partial charge in [0.1, 0.15) is 5.82 Å². The summed E-state index contributed by atoms with van der Waals surface area (Å²) in [6.07, 6.45) is 0.470. The zero-order valence-corrected chi connectivity index (χ0v) is 13.1. The van der Waals surface area contributed by atoms with E-state index in [-0.39, 0.29) is 23.6 Å². The Morgan fingerprint density at radius 1 is 1.16 bits per heavy atom. The molecular formula is C17H15FN6O. The molecular weight excluding hydrogens is 323 g/mol. The molecule has 8 heteroatoms. The first kappa shape index (κ1) is 15.1. The second-order valence-electron chi connectivity index (χ2n) is 5.88. The summed E-state index contributed by atoms with van der Waals surface area (Å²) in [6.45, 7) is 0. The molecule has 126 valence electrons. The lowest BCUT2D eigenvalue weighted by molar-refractivity contribution is -0.117. The van der Waals surface area contributed by atoms with E-state index >= 15 is 0 Å². The SMILES string of the molecule is Nc1nc(N)n(-c2ccc(CC3C(=O)Nc4ccc(F)cc43)cc2)n1. The number of carbonyl (C=O) groups excluding carboxylic acids is 1. The third-order valence-corrected chi connectivity index (χ3v) is 4.23. The first-order valence-corrected chi connectivity index (χ1v) is 7.69. The highest BCUT2D eigenvalue weighted by Crippen LogP contribution is 2.35. The van der Waals surface area contributed by atoms with Crippen molar-refractivity contribution < 1.29 is 9.18 Å². The van der Waals surface area contributed by atoms with Crippen LogP contribution in [0.3, 0.4) is 0 Å². The second-order valence-corrected chi connectivity index (χ2v) is 5.88. The molecule has 1 aromatic heterocycles. The molecule has 4 rings (SSSR count). The lowest BCUT2D eigenvalue weighted by atomic mass is 9.93. The van der Waals surface area contributed by atoms with Gasteiger partial charge in [0.05, 0.1) is 11.6 Å². The van der Waals surface area contributed by atoms with Crippen molar-refractivity contribution in [1.82, 2.24) is 14.8 Å². The molecule has 0 saturated heterocycles. The number of nitrogen functional groups attached to an aromatic ring is 2. The number of halogens is 1. The van der Waals surface area contributed by atoms with Crippen molar-refractivity contribution in [3.63, 3.8) is 0 Å². The van der Waals surface area contributed by atoms with E-state index in [2.05, 4.69) is 15.4 Å². The number of aromatic nitrogens is 3. The Morgan fingerprint density at radius 3 is 2.60 bits per heavy atom. The molecule has 0 aliphatic carbocycles. The van der Waals surface area contributed by atoms with Gasteiger partial charge in [-0.3, -0.25) is 4.79 Å². The summed E-state index contributed by atoms with van der Waals surface area (Å²) in [7, 11) is 0. The van der Waals surface area contributed by atoms with Crippen molar-refractivity contribution >= 4 is 23.5 Å². The number of hydrogen-bond donors (Lipinski definition) is 3. The summed E-state index contributed by atoms with van der Waals surface area (Å²) >= 11 is 0. The summed E-state index contributed by atoms with van der Waals surface area (Å²) in [5.74, 6) is -0.593. The van der Waals surface area contributed by atoms with Crippen LogP contribution in [0.4, 0.5) is 22.0 Å². The van der Waals surface area contributed by atoms with Gasteiger partial charge in [-0.05, 0) is 47.9 Å². The van der Waals surface area contributed by atoms with Crippen LogP contribution >= 0.6 is 0 Å². The van der Waals surface area contributed by atoms with Crippen LogP contribution in [0.1, 0.15) is 17.0 Å². The normalized spacial score (nSPS) is 15.9. The van der Waals surface area contributed by atoms with Crippen LogP contribution in [0.25, 0.3) is 5.69 Å². The minimum absolute atomic E-state index is 0.0998. The topological polar surface area (TPSA) is 112 Å². The van der Waals surface area contributed by atoms with E-state index in [1.165, 1.54) is 16.8 Å². The Kier molecular flexibility index (Phi) is 3.38. The first-order valence-electron chi connectivity index (χ1n) is 7.69. The van der Waals surface area contributed by atoms with E-state index in [9.17, 15) is 9.18 Å². The van der Waals surface area contributed by atoms with Gasteiger partial charge in [-0.15, -0.1) is 5.10 Å². The average molecular weight is 338 g/mol. The van der Waals surface area contributed by atoms with Crippen LogP contribution in [-0.4, -0.2) is 20.7 Å². The maximum Gasteiger partial charge on any atom is 0.241 e. The highest BCUT2D eigenvalue weighted by atomic mass is 19.1. The average Bonchev–Trinajstić information content (AvgIpc) is 3.07. The van der Waals surface area contributed by atoms with Gasteiger partial charge in [0.2, 0.25) is 17.8 Å². The maximum absolute atomic E-state index is 13.5. The van der Waals surface area contributed by atoms with Crippen molar-refractivity contribution in [2.24, 2.45) is 0 Å². The van der Waals surface area contributed by atoms with E-state index in [1.807, 2.05) is 24.3 Å². The molecule has 1 atom stereocenters. The number of nitrogens with one attached hydrogen (secondary N) is 1. The Bertz CT molecular complexity index is 966. The van der Waals surface area contributed by atoms with E-state index in [4.69, 9.17) is 11.5 Å². The molecule has 0 radical (unpaired) electrons. The number of benzene rings is 2. The molecule has 0 bridgehead atoms. The van der Waals surface area contributed by atoms with Crippen LogP contribution in [0.5, 0.6) is 0 Å². The third-order valence-electron chi connectivity index (χ3n) is 4.23. The van der Waals surface area contributed by atoms with Gasteiger partial charge in [0.25, 0.3) is 0 Å². The summed E-state index contributed by atoms with van der Waals surface area (Å²) in [5.41, 5.74) is 14.3. The highest BCUT2D eigenvalue weighted by Gasteiger charge is 2.30. The monoisotopic (exact) mass is 338 g/mol. The number of rotatable bonds is 3. The highest BCUT2D eigenvalue weighted by molar-refractivity contribution is 6.03. The minimum atomic E-state index is -0.413.